The molecule has 2 N–H and O–H groups in total. The standard InChI is InChI=1S/C24H36N4O3.HI/c1-3-25-24(26-10-6-13-30-19-22-9-5-14-31-22)27-18-23(28-11-15-29-16-12-28)21-8-4-7-20(2)17-21;/h4-5,7-9,14,17,23H,3,6,10-13,15-16,18-19H2,1-2H3,(H2,25,26,27);1H. The van der Waals surface area contributed by atoms with Crippen LogP contribution in [0.15, 0.2) is 52.1 Å². The Labute approximate surface area is 209 Å². The van der Waals surface area contributed by atoms with Crippen LogP contribution in [0.4, 0.5) is 0 Å². The second-order valence-electron chi connectivity index (χ2n) is 7.71. The van der Waals surface area contributed by atoms with E-state index in [9.17, 15) is 0 Å². The molecule has 1 aliphatic heterocycles. The van der Waals surface area contributed by atoms with Crippen molar-refractivity contribution in [1.82, 2.24) is 15.5 Å². The van der Waals surface area contributed by atoms with Gasteiger partial charge >= 0.3 is 0 Å². The average molecular weight is 556 g/mol. The number of halogens is 1. The molecule has 0 radical (unpaired) electrons. The number of benzene rings is 1. The highest BCUT2D eigenvalue weighted by atomic mass is 127. The van der Waals surface area contributed by atoms with E-state index in [2.05, 4.69) is 53.6 Å². The first-order valence-electron chi connectivity index (χ1n) is 11.3. The smallest absolute Gasteiger partial charge is 0.191 e. The van der Waals surface area contributed by atoms with Gasteiger partial charge in [0.25, 0.3) is 0 Å². The molecule has 1 aliphatic rings. The lowest BCUT2D eigenvalue weighted by atomic mass is 10.0. The van der Waals surface area contributed by atoms with Gasteiger partial charge in [-0.25, -0.2) is 0 Å². The molecule has 0 amide bonds. The first kappa shape index (κ1) is 26.6. The maximum absolute atomic E-state index is 5.65. The number of nitrogens with one attached hydrogen (secondary N) is 2. The average Bonchev–Trinajstić information content (AvgIpc) is 3.30. The third-order valence-electron chi connectivity index (χ3n) is 5.26. The van der Waals surface area contributed by atoms with Crippen molar-refractivity contribution in [1.29, 1.82) is 0 Å². The third kappa shape index (κ3) is 9.09. The number of hydrogen-bond donors (Lipinski definition) is 2. The number of aryl methyl sites for hydroxylation is 1. The Kier molecular flexibility index (Phi) is 12.7. The van der Waals surface area contributed by atoms with Crippen molar-refractivity contribution in [3.8, 4) is 0 Å². The summed E-state index contributed by atoms with van der Waals surface area (Å²) in [5.74, 6) is 1.70. The van der Waals surface area contributed by atoms with Gasteiger partial charge in [0.1, 0.15) is 12.4 Å². The van der Waals surface area contributed by atoms with Crippen LogP contribution in [0, 0.1) is 6.92 Å². The first-order valence-corrected chi connectivity index (χ1v) is 11.3. The van der Waals surface area contributed by atoms with E-state index >= 15 is 0 Å². The van der Waals surface area contributed by atoms with Crippen LogP contribution < -0.4 is 10.6 Å². The second-order valence-corrected chi connectivity index (χ2v) is 7.71. The summed E-state index contributed by atoms with van der Waals surface area (Å²) in [6.45, 7) is 11.2. The Morgan fingerprint density at radius 2 is 2.03 bits per heavy atom. The number of guanidine groups is 1. The van der Waals surface area contributed by atoms with E-state index in [1.54, 1.807) is 6.26 Å². The van der Waals surface area contributed by atoms with Gasteiger partial charge < -0.3 is 24.5 Å². The van der Waals surface area contributed by atoms with Crippen molar-refractivity contribution in [2.24, 2.45) is 4.99 Å². The van der Waals surface area contributed by atoms with E-state index in [4.69, 9.17) is 18.9 Å². The largest absolute Gasteiger partial charge is 0.467 e. The van der Waals surface area contributed by atoms with Gasteiger partial charge in [-0.3, -0.25) is 9.89 Å². The number of hydrogen-bond acceptors (Lipinski definition) is 5. The molecule has 2 heterocycles. The monoisotopic (exact) mass is 556 g/mol. The minimum atomic E-state index is 0. The number of morpholine rings is 1. The predicted octanol–water partition coefficient (Wildman–Crippen LogP) is 3.74. The quantitative estimate of drug-likeness (QED) is 0.190. The number of furan rings is 1. The number of aliphatic imine (C=N–C) groups is 1. The van der Waals surface area contributed by atoms with Crippen LogP contribution >= 0.6 is 24.0 Å². The van der Waals surface area contributed by atoms with Crippen LogP contribution in [-0.2, 0) is 16.1 Å². The summed E-state index contributed by atoms with van der Waals surface area (Å²) in [6, 6.07) is 12.8. The van der Waals surface area contributed by atoms with E-state index in [0.29, 0.717) is 19.8 Å². The van der Waals surface area contributed by atoms with Crippen LogP contribution in [0.5, 0.6) is 0 Å². The van der Waals surface area contributed by atoms with Gasteiger partial charge in [0.2, 0.25) is 0 Å². The summed E-state index contributed by atoms with van der Waals surface area (Å²) in [4.78, 5) is 7.39. The van der Waals surface area contributed by atoms with E-state index in [1.165, 1.54) is 11.1 Å². The third-order valence-corrected chi connectivity index (χ3v) is 5.26. The fourth-order valence-corrected chi connectivity index (χ4v) is 3.67. The normalized spacial score (nSPS) is 15.8. The molecule has 1 saturated heterocycles. The molecule has 0 aliphatic carbocycles. The summed E-state index contributed by atoms with van der Waals surface area (Å²) in [7, 11) is 0. The van der Waals surface area contributed by atoms with Crippen molar-refractivity contribution in [2.75, 3.05) is 52.5 Å². The number of nitrogens with zero attached hydrogens (tertiary/aromatic N) is 2. The first-order chi connectivity index (χ1) is 15.3. The highest BCUT2D eigenvalue weighted by Gasteiger charge is 2.22. The molecule has 178 valence electrons. The molecule has 7 nitrogen and oxygen atoms in total. The Hall–Kier alpha value is -1.62. The minimum absolute atomic E-state index is 0. The maximum Gasteiger partial charge on any atom is 0.191 e. The molecular weight excluding hydrogens is 519 g/mol. The van der Waals surface area contributed by atoms with Gasteiger partial charge in [0.05, 0.1) is 32.1 Å². The summed E-state index contributed by atoms with van der Waals surface area (Å²) in [6.07, 6.45) is 2.57. The molecule has 1 aromatic carbocycles. The molecule has 3 rings (SSSR count). The van der Waals surface area contributed by atoms with E-state index in [0.717, 1.165) is 57.5 Å². The van der Waals surface area contributed by atoms with Gasteiger partial charge in [0, 0.05) is 32.8 Å². The van der Waals surface area contributed by atoms with Crippen LogP contribution in [-0.4, -0.2) is 63.4 Å². The molecule has 8 heteroatoms. The Morgan fingerprint density at radius 3 is 2.75 bits per heavy atom. The number of rotatable bonds is 11. The Morgan fingerprint density at radius 1 is 1.19 bits per heavy atom. The summed E-state index contributed by atoms with van der Waals surface area (Å²) in [5, 5.41) is 6.78. The summed E-state index contributed by atoms with van der Waals surface area (Å²) >= 11 is 0. The van der Waals surface area contributed by atoms with Crippen LogP contribution in [0.2, 0.25) is 0 Å². The lowest BCUT2D eigenvalue weighted by Crippen LogP contribution is -2.42. The topological polar surface area (TPSA) is 71.3 Å². The van der Waals surface area contributed by atoms with Gasteiger partial charge in [-0.1, -0.05) is 29.8 Å². The lowest BCUT2D eigenvalue weighted by Gasteiger charge is -2.34. The van der Waals surface area contributed by atoms with Crippen LogP contribution in [0.3, 0.4) is 0 Å². The lowest BCUT2D eigenvalue weighted by molar-refractivity contribution is 0.0179. The fraction of sp³-hybridized carbons (Fsp3) is 0.542. The molecule has 0 saturated carbocycles. The van der Waals surface area contributed by atoms with Gasteiger partial charge in [0.15, 0.2) is 5.96 Å². The molecule has 2 aromatic rings. The van der Waals surface area contributed by atoms with Crippen molar-refractivity contribution in [3.63, 3.8) is 0 Å². The fourth-order valence-electron chi connectivity index (χ4n) is 3.67. The molecule has 0 bridgehead atoms. The van der Waals surface area contributed by atoms with Crippen molar-refractivity contribution in [2.45, 2.75) is 32.9 Å². The predicted molar refractivity (Wildman–Crippen MR) is 139 cm³/mol. The zero-order chi connectivity index (χ0) is 21.7. The van der Waals surface area contributed by atoms with Gasteiger partial charge in [-0.15, -0.1) is 24.0 Å². The van der Waals surface area contributed by atoms with E-state index < -0.39 is 0 Å². The molecular formula is C24H37IN4O3. The molecule has 1 fully saturated rings. The SMILES string of the molecule is CCNC(=NCC(c1cccc(C)c1)N1CCOCC1)NCCCOCc1ccco1.I. The zero-order valence-corrected chi connectivity index (χ0v) is 21.5. The van der Waals surface area contributed by atoms with Crippen molar-refractivity contribution < 1.29 is 13.9 Å². The molecule has 1 unspecified atom stereocenters. The Bertz CT molecular complexity index is 779. The maximum atomic E-state index is 5.65. The minimum Gasteiger partial charge on any atom is -0.467 e. The second kappa shape index (κ2) is 15.3. The zero-order valence-electron chi connectivity index (χ0n) is 19.2. The van der Waals surface area contributed by atoms with Crippen molar-refractivity contribution in [3.05, 3.63) is 59.5 Å². The highest BCUT2D eigenvalue weighted by Crippen LogP contribution is 2.23. The summed E-state index contributed by atoms with van der Waals surface area (Å²) < 4.78 is 16.5. The van der Waals surface area contributed by atoms with E-state index in [1.807, 2.05) is 12.1 Å². The van der Waals surface area contributed by atoms with Crippen LogP contribution in [0.1, 0.15) is 36.3 Å². The van der Waals surface area contributed by atoms with Gasteiger partial charge in [-0.05, 0) is 38.0 Å². The highest BCUT2D eigenvalue weighted by molar-refractivity contribution is 14.0. The number of ether oxygens (including phenoxy) is 2. The molecule has 1 aromatic heterocycles. The molecule has 32 heavy (non-hydrogen) atoms. The summed E-state index contributed by atoms with van der Waals surface area (Å²) in [5.41, 5.74) is 2.59. The van der Waals surface area contributed by atoms with Gasteiger partial charge in [-0.2, -0.15) is 0 Å². The van der Waals surface area contributed by atoms with E-state index in [-0.39, 0.29) is 30.0 Å². The van der Waals surface area contributed by atoms with Crippen molar-refractivity contribution >= 4 is 29.9 Å². The van der Waals surface area contributed by atoms with Crippen LogP contribution in [0.25, 0.3) is 0 Å². The molecule has 1 atom stereocenters. The molecule has 0 spiro atoms. The Balaban J connectivity index is 0.00000363.